The minimum Gasteiger partial charge on any atom is -0.336 e. The van der Waals surface area contributed by atoms with Crippen molar-refractivity contribution in [2.75, 3.05) is 0 Å². The summed E-state index contributed by atoms with van der Waals surface area (Å²) < 4.78 is 3.35. The lowest BCUT2D eigenvalue weighted by atomic mass is 9.97. The summed E-state index contributed by atoms with van der Waals surface area (Å²) in [6.45, 7) is 6.89. The number of para-hydroxylation sites is 2. The normalized spacial score (nSPS) is 21.8. The van der Waals surface area contributed by atoms with E-state index >= 15 is 0 Å². The maximum atomic E-state index is 12.8. The lowest BCUT2D eigenvalue weighted by Crippen LogP contribution is -2.49. The maximum absolute atomic E-state index is 12.8. The third kappa shape index (κ3) is 2.69. The summed E-state index contributed by atoms with van der Waals surface area (Å²) in [6.07, 6.45) is 3.25. The SMILES string of the molecule is CCn1c(=O)n(CC(=O)N2C(C)CCCC2C)c2ccccc21. The molecular weight excluding hydrogens is 290 g/mol. The molecule has 0 bridgehead atoms. The van der Waals surface area contributed by atoms with Gasteiger partial charge in [-0.25, -0.2) is 4.79 Å². The summed E-state index contributed by atoms with van der Waals surface area (Å²) in [5, 5.41) is 0. The van der Waals surface area contributed by atoms with Crippen LogP contribution in [-0.2, 0) is 17.9 Å². The molecule has 1 saturated heterocycles. The van der Waals surface area contributed by atoms with Crippen LogP contribution in [-0.4, -0.2) is 32.0 Å². The van der Waals surface area contributed by atoms with Crippen molar-refractivity contribution in [3.05, 3.63) is 34.7 Å². The molecule has 0 saturated carbocycles. The smallest absolute Gasteiger partial charge is 0.329 e. The molecule has 5 nitrogen and oxygen atoms in total. The van der Waals surface area contributed by atoms with Crippen LogP contribution >= 0.6 is 0 Å². The van der Waals surface area contributed by atoms with Gasteiger partial charge in [0.2, 0.25) is 5.91 Å². The first kappa shape index (κ1) is 15.8. The Hall–Kier alpha value is -2.04. The number of imidazole rings is 1. The van der Waals surface area contributed by atoms with Crippen LogP contribution in [0.1, 0.15) is 40.0 Å². The van der Waals surface area contributed by atoms with Crippen LogP contribution in [0.5, 0.6) is 0 Å². The zero-order chi connectivity index (χ0) is 16.6. The van der Waals surface area contributed by atoms with E-state index in [1.54, 1.807) is 9.13 Å². The van der Waals surface area contributed by atoms with E-state index in [9.17, 15) is 9.59 Å². The van der Waals surface area contributed by atoms with Gasteiger partial charge in [-0.05, 0) is 52.2 Å². The molecule has 2 unspecified atom stereocenters. The zero-order valence-electron chi connectivity index (χ0n) is 14.2. The highest BCUT2D eigenvalue weighted by Gasteiger charge is 2.29. The molecule has 1 fully saturated rings. The molecule has 23 heavy (non-hydrogen) atoms. The number of carbonyl (C=O) groups excluding carboxylic acids is 1. The Balaban J connectivity index is 1.97. The molecule has 1 aliphatic rings. The summed E-state index contributed by atoms with van der Waals surface area (Å²) >= 11 is 0. The second-order valence-corrected chi connectivity index (χ2v) is 6.53. The summed E-state index contributed by atoms with van der Waals surface area (Å²) in [5.74, 6) is 0.0470. The van der Waals surface area contributed by atoms with Gasteiger partial charge < -0.3 is 4.90 Å². The van der Waals surface area contributed by atoms with Gasteiger partial charge in [0.05, 0.1) is 11.0 Å². The van der Waals surface area contributed by atoms with Crippen molar-refractivity contribution in [3.8, 4) is 0 Å². The molecule has 1 aliphatic heterocycles. The predicted molar refractivity (Wildman–Crippen MR) is 91.5 cm³/mol. The Morgan fingerprint density at radius 2 is 1.65 bits per heavy atom. The van der Waals surface area contributed by atoms with Gasteiger partial charge in [-0.15, -0.1) is 0 Å². The molecule has 2 atom stereocenters. The van der Waals surface area contributed by atoms with Crippen molar-refractivity contribution in [2.45, 2.75) is 65.2 Å². The number of hydrogen-bond donors (Lipinski definition) is 0. The first-order valence-corrected chi connectivity index (χ1v) is 8.53. The van der Waals surface area contributed by atoms with Crippen molar-refractivity contribution >= 4 is 16.9 Å². The number of aryl methyl sites for hydroxylation is 1. The summed E-state index contributed by atoms with van der Waals surface area (Å²) in [5.41, 5.74) is 1.64. The van der Waals surface area contributed by atoms with Crippen LogP contribution in [0, 0.1) is 0 Å². The van der Waals surface area contributed by atoms with Crippen LogP contribution < -0.4 is 5.69 Å². The van der Waals surface area contributed by atoms with E-state index in [0.29, 0.717) is 6.54 Å². The first-order chi connectivity index (χ1) is 11.0. The number of fused-ring (bicyclic) bond motifs is 1. The molecule has 124 valence electrons. The van der Waals surface area contributed by atoms with Crippen molar-refractivity contribution in [1.29, 1.82) is 0 Å². The number of piperidine rings is 1. The van der Waals surface area contributed by atoms with Gasteiger partial charge >= 0.3 is 5.69 Å². The highest BCUT2D eigenvalue weighted by molar-refractivity contribution is 5.81. The monoisotopic (exact) mass is 315 g/mol. The van der Waals surface area contributed by atoms with Gasteiger partial charge in [0.1, 0.15) is 6.54 Å². The van der Waals surface area contributed by atoms with E-state index in [0.717, 1.165) is 23.9 Å². The second kappa shape index (κ2) is 6.22. The number of aromatic nitrogens is 2. The van der Waals surface area contributed by atoms with Crippen molar-refractivity contribution in [1.82, 2.24) is 14.0 Å². The Morgan fingerprint density at radius 1 is 1.09 bits per heavy atom. The van der Waals surface area contributed by atoms with E-state index in [1.807, 2.05) is 36.1 Å². The molecule has 3 rings (SSSR count). The summed E-state index contributed by atoms with van der Waals surface area (Å²) in [7, 11) is 0. The second-order valence-electron chi connectivity index (χ2n) is 6.53. The van der Waals surface area contributed by atoms with Crippen LogP contribution in [0.4, 0.5) is 0 Å². The standard InChI is InChI=1S/C18H25N3O2/c1-4-19-15-10-5-6-11-16(15)20(18(19)23)12-17(22)21-13(2)8-7-9-14(21)3/h5-6,10-11,13-14H,4,7-9,12H2,1-3H3. The van der Waals surface area contributed by atoms with Crippen LogP contribution in [0.15, 0.2) is 29.1 Å². The molecular formula is C18H25N3O2. The highest BCUT2D eigenvalue weighted by atomic mass is 16.2. The zero-order valence-corrected chi connectivity index (χ0v) is 14.2. The minimum absolute atomic E-state index is 0.0470. The Kier molecular flexibility index (Phi) is 4.28. The van der Waals surface area contributed by atoms with Gasteiger partial charge in [-0.1, -0.05) is 12.1 Å². The number of hydrogen-bond acceptors (Lipinski definition) is 2. The fourth-order valence-electron chi connectivity index (χ4n) is 3.86. The Morgan fingerprint density at radius 3 is 2.22 bits per heavy atom. The Labute approximate surface area is 136 Å². The Bertz CT molecular complexity index is 764. The average molecular weight is 315 g/mol. The van der Waals surface area contributed by atoms with Gasteiger partial charge in [0, 0.05) is 18.6 Å². The van der Waals surface area contributed by atoms with Crippen molar-refractivity contribution < 1.29 is 4.79 Å². The quantitative estimate of drug-likeness (QED) is 0.874. The van der Waals surface area contributed by atoms with E-state index < -0.39 is 0 Å². The summed E-state index contributed by atoms with van der Waals surface area (Å²) in [6, 6.07) is 8.19. The third-order valence-corrected chi connectivity index (χ3v) is 5.02. The molecule has 1 aromatic carbocycles. The van der Waals surface area contributed by atoms with E-state index in [1.165, 1.54) is 6.42 Å². The topological polar surface area (TPSA) is 47.2 Å². The largest absolute Gasteiger partial charge is 0.336 e. The number of likely N-dealkylation sites (tertiary alicyclic amines) is 1. The average Bonchev–Trinajstić information content (AvgIpc) is 2.79. The fourth-order valence-corrected chi connectivity index (χ4v) is 3.86. The summed E-state index contributed by atoms with van der Waals surface area (Å²) in [4.78, 5) is 27.5. The molecule has 0 spiro atoms. The molecule has 2 heterocycles. The number of nitrogens with zero attached hydrogens (tertiary/aromatic N) is 3. The van der Waals surface area contributed by atoms with Gasteiger partial charge in [0.25, 0.3) is 0 Å². The maximum Gasteiger partial charge on any atom is 0.329 e. The van der Waals surface area contributed by atoms with Crippen LogP contribution in [0.2, 0.25) is 0 Å². The molecule has 0 aliphatic carbocycles. The van der Waals surface area contributed by atoms with E-state index in [4.69, 9.17) is 0 Å². The third-order valence-electron chi connectivity index (χ3n) is 5.02. The van der Waals surface area contributed by atoms with Gasteiger partial charge in [-0.2, -0.15) is 0 Å². The number of amides is 1. The number of carbonyl (C=O) groups is 1. The molecule has 0 N–H and O–H groups in total. The number of benzene rings is 1. The van der Waals surface area contributed by atoms with Gasteiger partial charge in [0.15, 0.2) is 0 Å². The fraction of sp³-hybridized carbons (Fsp3) is 0.556. The molecule has 0 radical (unpaired) electrons. The molecule has 1 amide bonds. The van der Waals surface area contributed by atoms with Gasteiger partial charge in [-0.3, -0.25) is 13.9 Å². The lowest BCUT2D eigenvalue weighted by molar-refractivity contribution is -0.137. The highest BCUT2D eigenvalue weighted by Crippen LogP contribution is 2.23. The van der Waals surface area contributed by atoms with Crippen molar-refractivity contribution in [2.24, 2.45) is 0 Å². The van der Waals surface area contributed by atoms with Crippen LogP contribution in [0.3, 0.4) is 0 Å². The van der Waals surface area contributed by atoms with E-state index in [2.05, 4.69) is 13.8 Å². The minimum atomic E-state index is -0.0978. The first-order valence-electron chi connectivity index (χ1n) is 8.53. The molecule has 1 aromatic heterocycles. The van der Waals surface area contributed by atoms with E-state index in [-0.39, 0.29) is 30.2 Å². The number of rotatable bonds is 3. The lowest BCUT2D eigenvalue weighted by Gasteiger charge is -2.39. The van der Waals surface area contributed by atoms with Crippen molar-refractivity contribution in [3.63, 3.8) is 0 Å². The molecule has 5 heteroatoms. The molecule has 2 aromatic rings. The van der Waals surface area contributed by atoms with Crippen LogP contribution in [0.25, 0.3) is 11.0 Å². The predicted octanol–water partition coefficient (Wildman–Crippen LogP) is 2.61.